The molecule has 1 atom stereocenters. The summed E-state index contributed by atoms with van der Waals surface area (Å²) < 4.78 is 5.36. The fourth-order valence-electron chi connectivity index (χ4n) is 1.66. The lowest BCUT2D eigenvalue weighted by molar-refractivity contribution is 0.191. The minimum atomic E-state index is 0.542. The van der Waals surface area contributed by atoms with Crippen molar-refractivity contribution < 1.29 is 4.42 Å². The molecule has 0 radical (unpaired) electrons. The third-order valence-corrected chi connectivity index (χ3v) is 2.66. The van der Waals surface area contributed by atoms with Gasteiger partial charge in [0.2, 0.25) is 0 Å². The van der Waals surface area contributed by atoms with Crippen molar-refractivity contribution in [1.82, 2.24) is 10.2 Å². The van der Waals surface area contributed by atoms with E-state index in [1.54, 1.807) is 6.26 Å². The highest BCUT2D eigenvalue weighted by atomic mass is 16.3. The molecule has 3 nitrogen and oxygen atoms in total. The number of hydrogen-bond acceptors (Lipinski definition) is 3. The van der Waals surface area contributed by atoms with Crippen LogP contribution in [0, 0.1) is 0 Å². The van der Waals surface area contributed by atoms with E-state index in [4.69, 9.17) is 4.42 Å². The normalized spacial score (nSPS) is 13.3. The molecule has 15 heavy (non-hydrogen) atoms. The summed E-state index contributed by atoms with van der Waals surface area (Å²) in [5, 5.41) is 3.37. The molecular weight excluding hydrogens is 188 g/mol. The number of furan rings is 1. The molecular formula is C12H22N2O. The van der Waals surface area contributed by atoms with Gasteiger partial charge >= 0.3 is 0 Å². The lowest BCUT2D eigenvalue weighted by Crippen LogP contribution is -2.39. The summed E-state index contributed by atoms with van der Waals surface area (Å²) in [6.07, 6.45) is 1.73. The van der Waals surface area contributed by atoms with Gasteiger partial charge in [-0.15, -0.1) is 0 Å². The first-order chi connectivity index (χ1) is 7.27. The molecule has 1 unspecified atom stereocenters. The maximum Gasteiger partial charge on any atom is 0.117 e. The molecule has 1 rings (SSSR count). The minimum Gasteiger partial charge on any atom is -0.468 e. The average molecular weight is 210 g/mol. The minimum absolute atomic E-state index is 0.542. The van der Waals surface area contributed by atoms with Crippen LogP contribution in [0.3, 0.4) is 0 Å². The highest BCUT2D eigenvalue weighted by Gasteiger charge is 2.12. The van der Waals surface area contributed by atoms with Gasteiger partial charge in [0.1, 0.15) is 5.76 Å². The molecule has 1 aromatic rings. The van der Waals surface area contributed by atoms with Gasteiger partial charge < -0.3 is 9.73 Å². The Morgan fingerprint density at radius 1 is 1.47 bits per heavy atom. The second-order valence-electron chi connectivity index (χ2n) is 3.80. The van der Waals surface area contributed by atoms with Crippen LogP contribution >= 0.6 is 0 Å². The van der Waals surface area contributed by atoms with Crippen molar-refractivity contribution in [1.29, 1.82) is 0 Å². The van der Waals surface area contributed by atoms with Crippen LogP contribution in [0.4, 0.5) is 0 Å². The van der Waals surface area contributed by atoms with Gasteiger partial charge in [0.05, 0.1) is 12.8 Å². The van der Waals surface area contributed by atoms with E-state index in [2.05, 4.69) is 31.0 Å². The topological polar surface area (TPSA) is 28.4 Å². The van der Waals surface area contributed by atoms with Gasteiger partial charge in [0.15, 0.2) is 0 Å². The van der Waals surface area contributed by atoms with Gasteiger partial charge in [-0.2, -0.15) is 0 Å². The van der Waals surface area contributed by atoms with Crippen LogP contribution in [0.25, 0.3) is 0 Å². The Balaban J connectivity index is 2.40. The predicted octanol–water partition coefficient (Wildman–Crippen LogP) is 2.10. The first-order valence-corrected chi connectivity index (χ1v) is 5.75. The van der Waals surface area contributed by atoms with E-state index >= 15 is 0 Å². The lowest BCUT2D eigenvalue weighted by Gasteiger charge is -2.27. The third-order valence-electron chi connectivity index (χ3n) is 2.66. The first-order valence-electron chi connectivity index (χ1n) is 5.75. The van der Waals surface area contributed by atoms with Crippen molar-refractivity contribution in [3.8, 4) is 0 Å². The summed E-state index contributed by atoms with van der Waals surface area (Å²) in [7, 11) is 0. The van der Waals surface area contributed by atoms with Crippen molar-refractivity contribution in [3.63, 3.8) is 0 Å². The van der Waals surface area contributed by atoms with E-state index < -0.39 is 0 Å². The van der Waals surface area contributed by atoms with Crippen molar-refractivity contribution in [2.45, 2.75) is 33.4 Å². The van der Waals surface area contributed by atoms with Crippen molar-refractivity contribution in [2.75, 3.05) is 19.6 Å². The number of hydrogen-bond donors (Lipinski definition) is 1. The summed E-state index contributed by atoms with van der Waals surface area (Å²) in [4.78, 5) is 2.40. The quantitative estimate of drug-likeness (QED) is 0.747. The van der Waals surface area contributed by atoms with Gasteiger partial charge in [-0.1, -0.05) is 13.8 Å². The molecule has 0 aromatic carbocycles. The molecule has 0 aliphatic heterocycles. The zero-order chi connectivity index (χ0) is 11.1. The van der Waals surface area contributed by atoms with E-state index in [-0.39, 0.29) is 0 Å². The Kier molecular flexibility index (Phi) is 5.43. The van der Waals surface area contributed by atoms with Gasteiger partial charge in [-0.05, 0) is 32.1 Å². The standard InChI is InChI=1S/C12H22N2O/c1-4-13-9-11(3)14(5-2)10-12-7-6-8-15-12/h6-8,11,13H,4-5,9-10H2,1-3H3. The van der Waals surface area contributed by atoms with E-state index in [0.29, 0.717) is 6.04 Å². The second kappa shape index (κ2) is 6.64. The van der Waals surface area contributed by atoms with Crippen LogP contribution in [0.2, 0.25) is 0 Å². The molecule has 0 spiro atoms. The molecule has 0 saturated heterocycles. The van der Waals surface area contributed by atoms with Crippen LogP contribution in [-0.4, -0.2) is 30.6 Å². The fraction of sp³-hybridized carbons (Fsp3) is 0.667. The van der Waals surface area contributed by atoms with Crippen LogP contribution in [-0.2, 0) is 6.54 Å². The van der Waals surface area contributed by atoms with Gasteiger partial charge in [-0.25, -0.2) is 0 Å². The van der Waals surface area contributed by atoms with Crippen LogP contribution in [0.15, 0.2) is 22.8 Å². The molecule has 0 saturated carbocycles. The zero-order valence-corrected chi connectivity index (χ0v) is 9.99. The van der Waals surface area contributed by atoms with Crippen LogP contribution in [0.1, 0.15) is 26.5 Å². The highest BCUT2D eigenvalue weighted by Crippen LogP contribution is 2.08. The first kappa shape index (κ1) is 12.3. The summed E-state index contributed by atoms with van der Waals surface area (Å²) in [5.41, 5.74) is 0. The van der Waals surface area contributed by atoms with Crippen molar-refractivity contribution >= 4 is 0 Å². The largest absolute Gasteiger partial charge is 0.468 e. The van der Waals surface area contributed by atoms with Gasteiger partial charge in [0, 0.05) is 12.6 Å². The Bertz CT molecular complexity index is 246. The maximum absolute atomic E-state index is 5.36. The molecule has 86 valence electrons. The molecule has 0 bridgehead atoms. The molecule has 1 N–H and O–H groups in total. The molecule has 3 heteroatoms. The van der Waals surface area contributed by atoms with E-state index in [1.165, 1.54) is 0 Å². The van der Waals surface area contributed by atoms with Gasteiger partial charge in [0.25, 0.3) is 0 Å². The number of likely N-dealkylation sites (N-methyl/N-ethyl adjacent to an activating group) is 2. The number of rotatable bonds is 7. The maximum atomic E-state index is 5.36. The predicted molar refractivity (Wildman–Crippen MR) is 62.8 cm³/mol. The van der Waals surface area contributed by atoms with Crippen molar-refractivity contribution in [3.05, 3.63) is 24.2 Å². The lowest BCUT2D eigenvalue weighted by atomic mass is 10.2. The Morgan fingerprint density at radius 3 is 2.80 bits per heavy atom. The molecule has 1 heterocycles. The monoisotopic (exact) mass is 210 g/mol. The van der Waals surface area contributed by atoms with Gasteiger partial charge in [-0.3, -0.25) is 4.90 Å². The molecule has 0 fully saturated rings. The summed E-state index contributed by atoms with van der Waals surface area (Å²) >= 11 is 0. The Morgan fingerprint density at radius 2 is 2.27 bits per heavy atom. The fourth-order valence-corrected chi connectivity index (χ4v) is 1.66. The number of nitrogens with zero attached hydrogens (tertiary/aromatic N) is 1. The molecule has 0 amide bonds. The van der Waals surface area contributed by atoms with E-state index in [0.717, 1.165) is 31.9 Å². The summed E-state index contributed by atoms with van der Waals surface area (Å²) in [6, 6.07) is 4.51. The zero-order valence-electron chi connectivity index (χ0n) is 9.99. The Labute approximate surface area is 92.5 Å². The van der Waals surface area contributed by atoms with Crippen LogP contribution < -0.4 is 5.32 Å². The SMILES string of the molecule is CCNCC(C)N(CC)Cc1ccco1. The van der Waals surface area contributed by atoms with Crippen LogP contribution in [0.5, 0.6) is 0 Å². The average Bonchev–Trinajstić information content (AvgIpc) is 2.75. The summed E-state index contributed by atoms with van der Waals surface area (Å²) in [6.45, 7) is 10.6. The van der Waals surface area contributed by atoms with E-state index in [9.17, 15) is 0 Å². The molecule has 0 aliphatic rings. The third kappa shape index (κ3) is 4.06. The summed E-state index contributed by atoms with van der Waals surface area (Å²) in [5.74, 6) is 1.04. The highest BCUT2D eigenvalue weighted by molar-refractivity contribution is 4.98. The number of nitrogens with one attached hydrogen (secondary N) is 1. The molecule has 1 aromatic heterocycles. The second-order valence-corrected chi connectivity index (χ2v) is 3.80. The smallest absolute Gasteiger partial charge is 0.117 e. The Hall–Kier alpha value is -0.800. The molecule has 0 aliphatic carbocycles. The van der Waals surface area contributed by atoms with Crippen molar-refractivity contribution in [2.24, 2.45) is 0 Å². The van der Waals surface area contributed by atoms with E-state index in [1.807, 2.05) is 12.1 Å².